The Morgan fingerprint density at radius 3 is 2.77 bits per heavy atom. The third-order valence-corrected chi connectivity index (χ3v) is 4.65. The van der Waals surface area contributed by atoms with E-state index >= 15 is 0 Å². The van der Waals surface area contributed by atoms with Gasteiger partial charge in [-0.3, -0.25) is 9.59 Å². The molecular formula is C20H22N2O4. The minimum absolute atomic E-state index is 0.0663. The molecule has 0 spiro atoms. The molecule has 1 aromatic heterocycles. The first-order chi connectivity index (χ1) is 12.5. The van der Waals surface area contributed by atoms with Gasteiger partial charge in [0.1, 0.15) is 5.69 Å². The summed E-state index contributed by atoms with van der Waals surface area (Å²) >= 11 is 0. The molecule has 0 bridgehead atoms. The highest BCUT2D eigenvalue weighted by molar-refractivity contribution is 5.98. The maximum Gasteiger partial charge on any atom is 0.355 e. The van der Waals surface area contributed by atoms with Crippen molar-refractivity contribution < 1.29 is 19.1 Å². The minimum Gasteiger partial charge on any atom is -0.448 e. The van der Waals surface area contributed by atoms with Crippen molar-refractivity contribution in [1.82, 2.24) is 10.3 Å². The Hall–Kier alpha value is -2.89. The Kier molecular flexibility index (Phi) is 5.21. The molecule has 6 heteroatoms. The van der Waals surface area contributed by atoms with E-state index in [1.54, 1.807) is 0 Å². The molecule has 0 aliphatic heterocycles. The second-order valence-electron chi connectivity index (χ2n) is 6.56. The van der Waals surface area contributed by atoms with Gasteiger partial charge in [0.25, 0.3) is 5.91 Å². The monoisotopic (exact) mass is 354 g/mol. The molecule has 136 valence electrons. The van der Waals surface area contributed by atoms with E-state index in [0.717, 1.165) is 24.8 Å². The maximum atomic E-state index is 12.4. The highest BCUT2D eigenvalue weighted by Crippen LogP contribution is 2.29. The molecule has 1 aromatic carbocycles. The predicted molar refractivity (Wildman–Crippen MR) is 95.9 cm³/mol. The van der Waals surface area contributed by atoms with Gasteiger partial charge in [-0.1, -0.05) is 24.3 Å². The van der Waals surface area contributed by atoms with E-state index in [4.69, 9.17) is 4.74 Å². The SMILES string of the molecule is CC(=O)c1c[nH]c(C(=O)O[C@@H](C)C(=O)N[C@H]2CCCc3ccccc32)c1. The van der Waals surface area contributed by atoms with E-state index in [-0.39, 0.29) is 23.4 Å². The summed E-state index contributed by atoms with van der Waals surface area (Å²) in [5, 5.41) is 2.97. The van der Waals surface area contributed by atoms with Crippen LogP contribution in [0.3, 0.4) is 0 Å². The van der Waals surface area contributed by atoms with Gasteiger partial charge in [-0.2, -0.15) is 0 Å². The lowest BCUT2D eigenvalue weighted by molar-refractivity contribution is -0.130. The van der Waals surface area contributed by atoms with Crippen molar-refractivity contribution in [2.75, 3.05) is 0 Å². The standard InChI is InChI=1S/C20H22N2O4/c1-12(23)15-10-18(21-11-15)20(25)26-13(2)19(24)22-17-9-5-7-14-6-3-4-8-16(14)17/h3-4,6,8,10-11,13,17,21H,5,7,9H2,1-2H3,(H,22,24)/t13-,17-/m0/s1. The van der Waals surface area contributed by atoms with Crippen LogP contribution in [-0.2, 0) is 16.0 Å². The van der Waals surface area contributed by atoms with Crippen LogP contribution in [-0.4, -0.2) is 28.7 Å². The number of hydrogen-bond acceptors (Lipinski definition) is 4. The largest absolute Gasteiger partial charge is 0.448 e. The van der Waals surface area contributed by atoms with E-state index in [9.17, 15) is 14.4 Å². The quantitative estimate of drug-likeness (QED) is 0.638. The molecule has 2 atom stereocenters. The molecular weight excluding hydrogens is 332 g/mol. The summed E-state index contributed by atoms with van der Waals surface area (Å²) in [6.45, 7) is 2.95. The van der Waals surface area contributed by atoms with E-state index in [2.05, 4.69) is 16.4 Å². The summed E-state index contributed by atoms with van der Waals surface area (Å²) in [6.07, 6.45) is 3.40. The lowest BCUT2D eigenvalue weighted by atomic mass is 9.87. The fourth-order valence-electron chi connectivity index (χ4n) is 3.19. The Balaban J connectivity index is 1.61. The number of amides is 1. The molecule has 0 radical (unpaired) electrons. The Morgan fingerprint density at radius 2 is 2.04 bits per heavy atom. The summed E-state index contributed by atoms with van der Waals surface area (Å²) in [5.41, 5.74) is 2.92. The van der Waals surface area contributed by atoms with Gasteiger partial charge in [0, 0.05) is 11.8 Å². The number of carbonyl (C=O) groups excluding carboxylic acids is 3. The Labute approximate surface area is 151 Å². The lowest BCUT2D eigenvalue weighted by Gasteiger charge is -2.27. The van der Waals surface area contributed by atoms with E-state index in [1.165, 1.54) is 31.7 Å². The summed E-state index contributed by atoms with van der Waals surface area (Å²) in [7, 11) is 0. The molecule has 0 saturated heterocycles. The molecule has 6 nitrogen and oxygen atoms in total. The highest BCUT2D eigenvalue weighted by atomic mass is 16.5. The number of hydrogen-bond donors (Lipinski definition) is 2. The first kappa shape index (κ1) is 17.9. The predicted octanol–water partition coefficient (Wildman–Crippen LogP) is 2.96. The minimum atomic E-state index is -0.930. The van der Waals surface area contributed by atoms with Crippen molar-refractivity contribution in [3.63, 3.8) is 0 Å². The fourth-order valence-corrected chi connectivity index (χ4v) is 3.19. The fraction of sp³-hybridized carbons (Fsp3) is 0.350. The van der Waals surface area contributed by atoms with Crippen LogP contribution in [0.4, 0.5) is 0 Å². The molecule has 0 fully saturated rings. The van der Waals surface area contributed by atoms with Crippen LogP contribution >= 0.6 is 0 Å². The van der Waals surface area contributed by atoms with Crippen LogP contribution in [0.25, 0.3) is 0 Å². The number of benzene rings is 1. The van der Waals surface area contributed by atoms with Crippen LogP contribution in [0.15, 0.2) is 36.5 Å². The third-order valence-electron chi connectivity index (χ3n) is 4.65. The van der Waals surface area contributed by atoms with E-state index in [1.807, 2.05) is 18.2 Å². The molecule has 2 aromatic rings. The number of aryl methyl sites for hydroxylation is 1. The van der Waals surface area contributed by atoms with E-state index in [0.29, 0.717) is 5.56 Å². The van der Waals surface area contributed by atoms with Gasteiger partial charge >= 0.3 is 5.97 Å². The first-order valence-electron chi connectivity index (χ1n) is 8.74. The van der Waals surface area contributed by atoms with Crippen molar-refractivity contribution in [2.45, 2.75) is 45.3 Å². The average Bonchev–Trinajstić information content (AvgIpc) is 3.12. The number of Topliss-reactive ketones (excluding diaryl/α,β-unsaturated/α-hetero) is 1. The van der Waals surface area contributed by atoms with Crippen molar-refractivity contribution in [3.05, 3.63) is 58.9 Å². The van der Waals surface area contributed by atoms with Gasteiger partial charge in [-0.15, -0.1) is 0 Å². The number of aromatic amines is 1. The van der Waals surface area contributed by atoms with Crippen molar-refractivity contribution in [3.8, 4) is 0 Å². The van der Waals surface area contributed by atoms with Gasteiger partial charge < -0.3 is 15.0 Å². The van der Waals surface area contributed by atoms with Crippen molar-refractivity contribution >= 4 is 17.7 Å². The summed E-state index contributed by atoms with van der Waals surface area (Å²) in [6, 6.07) is 9.42. The zero-order chi connectivity index (χ0) is 18.7. The number of carbonyl (C=O) groups is 3. The van der Waals surface area contributed by atoms with Crippen molar-refractivity contribution in [2.24, 2.45) is 0 Å². The number of aromatic nitrogens is 1. The molecule has 1 aliphatic rings. The lowest BCUT2D eigenvalue weighted by Crippen LogP contribution is -2.39. The molecule has 1 heterocycles. The van der Waals surface area contributed by atoms with Crippen LogP contribution in [0.5, 0.6) is 0 Å². The molecule has 2 N–H and O–H groups in total. The smallest absolute Gasteiger partial charge is 0.355 e. The van der Waals surface area contributed by atoms with Crippen LogP contribution < -0.4 is 5.32 Å². The molecule has 1 aliphatic carbocycles. The normalized spacial score (nSPS) is 17.1. The van der Waals surface area contributed by atoms with Crippen LogP contribution in [0, 0.1) is 0 Å². The highest BCUT2D eigenvalue weighted by Gasteiger charge is 2.26. The zero-order valence-corrected chi connectivity index (χ0v) is 14.9. The number of fused-ring (bicyclic) bond motifs is 1. The van der Waals surface area contributed by atoms with Crippen molar-refractivity contribution in [1.29, 1.82) is 0 Å². The Morgan fingerprint density at radius 1 is 1.27 bits per heavy atom. The van der Waals surface area contributed by atoms with Gasteiger partial charge in [0.2, 0.25) is 0 Å². The topological polar surface area (TPSA) is 88.3 Å². The number of ether oxygens (including phenoxy) is 1. The van der Waals surface area contributed by atoms with Crippen LogP contribution in [0.1, 0.15) is 64.7 Å². The van der Waals surface area contributed by atoms with E-state index < -0.39 is 12.1 Å². The van der Waals surface area contributed by atoms with Gasteiger partial charge in [0.15, 0.2) is 11.9 Å². The molecule has 0 unspecified atom stereocenters. The molecule has 26 heavy (non-hydrogen) atoms. The second kappa shape index (κ2) is 7.56. The number of esters is 1. The molecule has 0 saturated carbocycles. The number of rotatable bonds is 5. The van der Waals surface area contributed by atoms with Gasteiger partial charge in [0.05, 0.1) is 6.04 Å². The zero-order valence-electron chi connectivity index (χ0n) is 14.9. The number of H-pyrrole nitrogens is 1. The summed E-state index contributed by atoms with van der Waals surface area (Å²) in [4.78, 5) is 38.6. The second-order valence-corrected chi connectivity index (χ2v) is 6.56. The number of ketones is 1. The number of nitrogens with one attached hydrogen (secondary N) is 2. The van der Waals surface area contributed by atoms with Gasteiger partial charge in [-0.05, 0) is 50.3 Å². The maximum absolute atomic E-state index is 12.4. The van der Waals surface area contributed by atoms with Crippen LogP contribution in [0.2, 0.25) is 0 Å². The van der Waals surface area contributed by atoms with Gasteiger partial charge in [-0.25, -0.2) is 4.79 Å². The summed E-state index contributed by atoms with van der Waals surface area (Å²) in [5.74, 6) is -1.15. The first-order valence-corrected chi connectivity index (χ1v) is 8.74. The Bertz CT molecular complexity index is 840. The average molecular weight is 354 g/mol. The summed E-state index contributed by atoms with van der Waals surface area (Å²) < 4.78 is 5.23. The molecule has 1 amide bonds. The molecule has 3 rings (SSSR count). The third kappa shape index (κ3) is 3.85.